The Kier molecular flexibility index (Phi) is 8.54. The zero-order valence-electron chi connectivity index (χ0n) is 22.7. The molecule has 0 saturated heterocycles. The summed E-state index contributed by atoms with van der Waals surface area (Å²) in [6, 6.07) is 4.90. The fourth-order valence-electron chi connectivity index (χ4n) is 4.25. The van der Waals surface area contributed by atoms with Crippen LogP contribution in [-0.2, 0) is 11.2 Å². The van der Waals surface area contributed by atoms with Crippen LogP contribution in [0.2, 0.25) is 10.2 Å². The summed E-state index contributed by atoms with van der Waals surface area (Å²) in [6.07, 6.45) is 0.329. The van der Waals surface area contributed by atoms with Gasteiger partial charge < -0.3 is 16.0 Å². The molecule has 1 atom stereocenters. The van der Waals surface area contributed by atoms with Crippen LogP contribution in [0.15, 0.2) is 28.8 Å². The molecular weight excluding hydrogens is 504 g/mol. The van der Waals surface area contributed by atoms with Crippen molar-refractivity contribution in [2.45, 2.75) is 56.3 Å². The first-order valence-corrected chi connectivity index (χ1v) is 12.2. The maximum absolute atomic E-state index is 14.7. The summed E-state index contributed by atoms with van der Waals surface area (Å²) in [5, 5.41) is 6.29. The molecule has 0 bridgehead atoms. The Morgan fingerprint density at radius 3 is 2.10 bits per heavy atom. The molecule has 0 fully saturated rings. The Labute approximate surface area is 240 Å². The molecule has 2 aromatic heterocycles. The maximum Gasteiger partial charge on any atom is 0.267 e. The second kappa shape index (κ2) is 10.9. The summed E-state index contributed by atoms with van der Waals surface area (Å²) in [5.41, 5.74) is 12.4. The van der Waals surface area contributed by atoms with E-state index >= 15 is 0 Å². The lowest BCUT2D eigenvalue weighted by molar-refractivity contribution is -0.117. The summed E-state index contributed by atoms with van der Waals surface area (Å²) >= 11 is 0. The van der Waals surface area contributed by atoms with E-state index in [9.17, 15) is 14.0 Å². The van der Waals surface area contributed by atoms with Crippen molar-refractivity contribution in [3.63, 3.8) is 0 Å². The second-order valence-electron chi connectivity index (χ2n) is 11.2. The number of nitrogen functional groups attached to an aromatic ring is 1. The molecule has 0 aliphatic rings. The van der Waals surface area contributed by atoms with E-state index in [2.05, 4.69) is 15.6 Å². The number of primary amides is 1. The highest BCUT2D eigenvalue weighted by Gasteiger charge is 2.37. The molecule has 5 N–H and O–H groups in total. The standard InChI is InChI=1S/C24H25B6FN6O3/c1-10(19(39)34-20-15(31)13(36-40-20)9-22(2,3)4)11-5-7-12(8-6-11)16-14(18(33)38)17(32)37(35-16)21(23(25,26)27)24(28,29)30/h5-8,10,21H,9,32H2,1-4H3,(H2,33,38)(H,34,39). The summed E-state index contributed by atoms with van der Waals surface area (Å²) in [7, 11) is 35.0. The predicted molar refractivity (Wildman–Crippen MR) is 156 cm³/mol. The first-order valence-electron chi connectivity index (χ1n) is 12.2. The third-order valence-electron chi connectivity index (χ3n) is 6.10. The third kappa shape index (κ3) is 6.70. The predicted octanol–water partition coefficient (Wildman–Crippen LogP) is 1.39. The molecule has 0 aliphatic heterocycles. The number of rotatable bonds is 9. The van der Waals surface area contributed by atoms with Crippen molar-refractivity contribution in [3.8, 4) is 11.3 Å². The summed E-state index contributed by atoms with van der Waals surface area (Å²) in [5.74, 6) is -3.52. The largest absolute Gasteiger partial charge is 0.383 e. The number of amides is 2. The molecule has 1 unspecified atom stereocenters. The number of hydrogen-bond donors (Lipinski definition) is 3. The van der Waals surface area contributed by atoms with Crippen molar-refractivity contribution >= 4 is 70.6 Å². The van der Waals surface area contributed by atoms with Gasteiger partial charge in [-0.15, -0.1) is 10.2 Å². The number of halogens is 1. The molecule has 9 nitrogen and oxygen atoms in total. The molecule has 2 amide bonds. The molecule has 0 aliphatic carbocycles. The minimum atomic E-state index is -2.09. The quantitative estimate of drug-likeness (QED) is 0.358. The van der Waals surface area contributed by atoms with Gasteiger partial charge >= 0.3 is 0 Å². The van der Waals surface area contributed by atoms with Crippen molar-refractivity contribution < 1.29 is 18.5 Å². The van der Waals surface area contributed by atoms with Crippen LogP contribution in [0, 0.1) is 11.2 Å². The second-order valence-corrected chi connectivity index (χ2v) is 11.2. The van der Waals surface area contributed by atoms with Gasteiger partial charge in [0.2, 0.25) is 11.7 Å². The van der Waals surface area contributed by atoms with E-state index in [0.717, 1.165) is 4.68 Å². The van der Waals surface area contributed by atoms with Crippen LogP contribution in [0.5, 0.6) is 0 Å². The number of nitrogens with zero attached hydrogens (tertiary/aromatic N) is 3. The molecule has 3 rings (SSSR count). The van der Waals surface area contributed by atoms with Crippen molar-refractivity contribution in [2.75, 3.05) is 11.1 Å². The third-order valence-corrected chi connectivity index (χ3v) is 6.10. The molecule has 194 valence electrons. The van der Waals surface area contributed by atoms with Gasteiger partial charge in [-0.3, -0.25) is 14.9 Å². The molecule has 3 aromatic rings. The monoisotopic (exact) mass is 530 g/mol. The summed E-state index contributed by atoms with van der Waals surface area (Å²) < 4.78 is 20.7. The fourth-order valence-corrected chi connectivity index (χ4v) is 4.25. The van der Waals surface area contributed by atoms with E-state index in [-0.39, 0.29) is 34.1 Å². The first kappa shape index (κ1) is 31.2. The first-order chi connectivity index (χ1) is 18.2. The van der Waals surface area contributed by atoms with E-state index in [4.69, 9.17) is 63.1 Å². The zero-order valence-corrected chi connectivity index (χ0v) is 22.7. The van der Waals surface area contributed by atoms with Gasteiger partial charge in [0, 0.05) is 18.0 Å². The number of anilines is 2. The van der Waals surface area contributed by atoms with Crippen LogP contribution < -0.4 is 16.8 Å². The van der Waals surface area contributed by atoms with Gasteiger partial charge in [0.25, 0.3) is 11.8 Å². The highest BCUT2D eigenvalue weighted by molar-refractivity contribution is 6.64. The van der Waals surface area contributed by atoms with Crippen molar-refractivity contribution in [3.05, 3.63) is 46.9 Å². The van der Waals surface area contributed by atoms with Crippen molar-refractivity contribution in [1.82, 2.24) is 14.9 Å². The minimum absolute atomic E-state index is 0.0438. The highest BCUT2D eigenvalue weighted by Crippen LogP contribution is 2.45. The average Bonchev–Trinajstić information content (AvgIpc) is 3.30. The average molecular weight is 529 g/mol. The Morgan fingerprint density at radius 2 is 1.62 bits per heavy atom. The van der Waals surface area contributed by atoms with Crippen LogP contribution in [0.25, 0.3) is 11.3 Å². The van der Waals surface area contributed by atoms with E-state index in [1.54, 1.807) is 31.2 Å². The number of carbonyl (C=O) groups excluding carboxylic acids is 2. The molecule has 40 heavy (non-hydrogen) atoms. The molecule has 12 radical (unpaired) electrons. The zero-order chi connectivity index (χ0) is 30.4. The number of aromatic nitrogens is 3. The number of nitrogens with one attached hydrogen (secondary N) is 1. The van der Waals surface area contributed by atoms with Gasteiger partial charge in [-0.25, -0.2) is 4.68 Å². The highest BCUT2D eigenvalue weighted by atomic mass is 19.1. The Bertz CT molecular complexity index is 1390. The summed E-state index contributed by atoms with van der Waals surface area (Å²) in [6.45, 7) is 7.41. The van der Waals surface area contributed by atoms with E-state index < -0.39 is 39.8 Å². The van der Waals surface area contributed by atoms with Crippen molar-refractivity contribution in [1.29, 1.82) is 0 Å². The SMILES string of the molecule is [B]C([B])([B])C(n1nc(-c2ccc(C(C)C(=O)Nc3onc(CC(C)(C)C)c3F)cc2)c(C(N)=O)c1N)C([B])([B])[B]. The lowest BCUT2D eigenvalue weighted by atomic mass is 9.27. The van der Waals surface area contributed by atoms with Crippen molar-refractivity contribution in [2.24, 2.45) is 11.1 Å². The molecule has 2 heterocycles. The van der Waals surface area contributed by atoms with Crippen LogP contribution in [0.4, 0.5) is 16.1 Å². The van der Waals surface area contributed by atoms with Gasteiger partial charge in [0.1, 0.15) is 22.8 Å². The van der Waals surface area contributed by atoms with Gasteiger partial charge in [-0.1, -0.05) is 50.2 Å². The minimum Gasteiger partial charge on any atom is -0.383 e. The van der Waals surface area contributed by atoms with E-state index in [1.807, 2.05) is 20.8 Å². The normalized spacial score (nSPS) is 13.3. The number of carbonyl (C=O) groups is 2. The number of hydrogen-bond acceptors (Lipinski definition) is 6. The Hall–Kier alpha value is -3.30. The van der Waals surface area contributed by atoms with Crippen LogP contribution >= 0.6 is 0 Å². The topological polar surface area (TPSA) is 142 Å². The number of benzene rings is 1. The number of nitrogens with two attached hydrogens (primary N) is 2. The lowest BCUT2D eigenvalue weighted by Gasteiger charge is -2.43. The molecule has 16 heteroatoms. The van der Waals surface area contributed by atoms with Crippen LogP contribution in [0.3, 0.4) is 0 Å². The van der Waals surface area contributed by atoms with Crippen LogP contribution in [-0.4, -0.2) is 73.8 Å². The molecule has 0 saturated carbocycles. The van der Waals surface area contributed by atoms with Crippen LogP contribution in [0.1, 0.15) is 61.3 Å². The van der Waals surface area contributed by atoms with E-state index in [1.165, 1.54) is 0 Å². The molecule has 1 aromatic carbocycles. The van der Waals surface area contributed by atoms with E-state index in [0.29, 0.717) is 17.5 Å². The smallest absolute Gasteiger partial charge is 0.267 e. The lowest BCUT2D eigenvalue weighted by Crippen LogP contribution is -2.40. The molecular formula is C24H25B6FN6O3. The summed E-state index contributed by atoms with van der Waals surface area (Å²) in [4.78, 5) is 25.1. The Morgan fingerprint density at radius 1 is 1.07 bits per heavy atom. The van der Waals surface area contributed by atoms with Gasteiger partial charge in [0.15, 0.2) is 0 Å². The molecule has 0 spiro atoms. The fraction of sp³-hybridized carbons (Fsp3) is 0.417. The van der Waals surface area contributed by atoms with Gasteiger partial charge in [-0.05, 0) is 17.9 Å². The maximum atomic E-state index is 14.7. The Balaban J connectivity index is 1.90. The van der Waals surface area contributed by atoms with Gasteiger partial charge in [0.05, 0.1) is 53.0 Å². The van der Waals surface area contributed by atoms with Gasteiger partial charge in [-0.2, -0.15) is 9.49 Å².